The van der Waals surface area contributed by atoms with Crippen LogP contribution in [-0.4, -0.2) is 57.1 Å². The van der Waals surface area contributed by atoms with Crippen molar-refractivity contribution >= 4 is 27.5 Å². The van der Waals surface area contributed by atoms with E-state index in [2.05, 4.69) is 5.32 Å². The Morgan fingerprint density at radius 1 is 1.08 bits per heavy atom. The fraction of sp³-hybridized carbons (Fsp3) is 0.500. The molecule has 202 valence electrons. The Morgan fingerprint density at radius 3 is 2.32 bits per heavy atom. The minimum atomic E-state index is -3.78. The molecule has 1 aliphatic rings. The monoisotopic (exact) mass is 529 g/mol. The Kier molecular flexibility index (Phi) is 9.97. The van der Waals surface area contributed by atoms with Crippen molar-refractivity contribution in [3.05, 3.63) is 59.7 Å². The minimum Gasteiger partial charge on any atom is -0.497 e. The molecule has 0 aliphatic heterocycles. The maximum atomic E-state index is 13.8. The van der Waals surface area contributed by atoms with Gasteiger partial charge in [0.1, 0.15) is 18.3 Å². The van der Waals surface area contributed by atoms with E-state index in [1.165, 1.54) is 18.4 Å². The molecule has 1 fully saturated rings. The van der Waals surface area contributed by atoms with E-state index in [0.717, 1.165) is 47.4 Å². The molecule has 0 radical (unpaired) electrons. The maximum Gasteiger partial charge on any atom is 0.244 e. The second kappa shape index (κ2) is 12.9. The van der Waals surface area contributed by atoms with Crippen molar-refractivity contribution in [2.24, 2.45) is 0 Å². The number of carbonyl (C=O) groups excluding carboxylic acids is 2. The molecule has 1 atom stereocenters. The Morgan fingerprint density at radius 2 is 1.76 bits per heavy atom. The predicted molar refractivity (Wildman–Crippen MR) is 146 cm³/mol. The quantitative estimate of drug-likeness (QED) is 0.474. The summed E-state index contributed by atoms with van der Waals surface area (Å²) in [7, 11) is -2.25. The largest absolute Gasteiger partial charge is 0.497 e. The van der Waals surface area contributed by atoms with E-state index in [9.17, 15) is 18.0 Å². The van der Waals surface area contributed by atoms with E-state index in [4.69, 9.17) is 4.74 Å². The average molecular weight is 530 g/mol. The van der Waals surface area contributed by atoms with Gasteiger partial charge in [-0.15, -0.1) is 0 Å². The number of nitrogens with one attached hydrogen (secondary N) is 1. The summed E-state index contributed by atoms with van der Waals surface area (Å²) in [5.41, 5.74) is 2.28. The lowest BCUT2D eigenvalue weighted by molar-refractivity contribution is -0.140. The fourth-order valence-electron chi connectivity index (χ4n) is 4.83. The van der Waals surface area contributed by atoms with Crippen LogP contribution >= 0.6 is 0 Å². The highest BCUT2D eigenvalue weighted by atomic mass is 32.2. The number of rotatable bonds is 11. The van der Waals surface area contributed by atoms with Crippen LogP contribution in [0.3, 0.4) is 0 Å². The van der Waals surface area contributed by atoms with Gasteiger partial charge in [0.15, 0.2) is 0 Å². The van der Waals surface area contributed by atoms with Gasteiger partial charge in [0.05, 0.1) is 19.1 Å². The van der Waals surface area contributed by atoms with Crippen molar-refractivity contribution in [3.63, 3.8) is 0 Å². The molecule has 1 saturated carbocycles. The van der Waals surface area contributed by atoms with Gasteiger partial charge in [0, 0.05) is 12.6 Å². The third-order valence-corrected chi connectivity index (χ3v) is 7.95. The molecule has 0 heterocycles. The number of sulfonamides is 1. The average Bonchev–Trinajstić information content (AvgIpc) is 2.87. The van der Waals surface area contributed by atoms with Gasteiger partial charge in [0.2, 0.25) is 21.8 Å². The zero-order valence-electron chi connectivity index (χ0n) is 22.3. The lowest BCUT2D eigenvalue weighted by Gasteiger charge is -2.34. The molecule has 1 aliphatic carbocycles. The van der Waals surface area contributed by atoms with Crippen LogP contribution in [-0.2, 0) is 26.2 Å². The fourth-order valence-corrected chi connectivity index (χ4v) is 5.68. The van der Waals surface area contributed by atoms with Gasteiger partial charge in [-0.25, -0.2) is 8.42 Å². The molecule has 2 aromatic rings. The highest BCUT2D eigenvalue weighted by molar-refractivity contribution is 7.92. The molecule has 0 bridgehead atoms. The number of aryl methyl sites for hydroxylation is 1. The number of anilines is 1. The first-order valence-corrected chi connectivity index (χ1v) is 14.7. The van der Waals surface area contributed by atoms with Crippen molar-refractivity contribution < 1.29 is 22.7 Å². The number of hydrogen-bond donors (Lipinski definition) is 1. The van der Waals surface area contributed by atoms with Crippen molar-refractivity contribution in [2.75, 3.05) is 24.2 Å². The first-order valence-electron chi connectivity index (χ1n) is 12.9. The summed E-state index contributed by atoms with van der Waals surface area (Å²) in [6, 6.07) is 13.7. The molecule has 0 aromatic heterocycles. The standard InChI is InChI=1S/C28H39N3O5S/c1-5-26(28(33)29-23-12-7-6-8-13-23)30(19-22-11-9-10-21(2)18-22)27(32)20-31(37(4,34)35)24-14-16-25(36-3)17-15-24/h9-11,14-18,23,26H,5-8,12-13,19-20H2,1-4H3,(H,29,33)/t26-/m1/s1. The normalized spacial score (nSPS) is 15.0. The number of amides is 2. The van der Waals surface area contributed by atoms with E-state index >= 15 is 0 Å². The Balaban J connectivity index is 1.90. The third kappa shape index (κ3) is 7.95. The van der Waals surface area contributed by atoms with E-state index in [1.807, 2.05) is 38.1 Å². The molecule has 2 aromatic carbocycles. The van der Waals surface area contributed by atoms with Gasteiger partial charge in [-0.3, -0.25) is 13.9 Å². The highest BCUT2D eigenvalue weighted by Crippen LogP contribution is 2.23. The first kappa shape index (κ1) is 28.5. The van der Waals surface area contributed by atoms with E-state index < -0.39 is 28.5 Å². The number of ether oxygens (including phenoxy) is 1. The van der Waals surface area contributed by atoms with Gasteiger partial charge in [-0.05, 0) is 56.0 Å². The van der Waals surface area contributed by atoms with Gasteiger partial charge in [-0.2, -0.15) is 0 Å². The van der Waals surface area contributed by atoms with Crippen LogP contribution in [0.4, 0.5) is 5.69 Å². The number of carbonyl (C=O) groups is 2. The summed E-state index contributed by atoms with van der Waals surface area (Å²) in [4.78, 5) is 28.7. The zero-order valence-corrected chi connectivity index (χ0v) is 23.1. The van der Waals surface area contributed by atoms with Crippen LogP contribution in [0.1, 0.15) is 56.6 Å². The van der Waals surface area contributed by atoms with Gasteiger partial charge in [-0.1, -0.05) is 56.0 Å². The van der Waals surface area contributed by atoms with Crippen molar-refractivity contribution in [1.29, 1.82) is 0 Å². The molecule has 1 N–H and O–H groups in total. The topological polar surface area (TPSA) is 96.0 Å². The lowest BCUT2D eigenvalue weighted by atomic mass is 9.95. The van der Waals surface area contributed by atoms with Crippen LogP contribution < -0.4 is 14.4 Å². The summed E-state index contributed by atoms with van der Waals surface area (Å²) in [5.74, 6) is -0.0471. The summed E-state index contributed by atoms with van der Waals surface area (Å²) >= 11 is 0. The SMILES string of the molecule is CC[C@H](C(=O)NC1CCCCC1)N(Cc1cccc(C)c1)C(=O)CN(c1ccc(OC)cc1)S(C)(=O)=O. The van der Waals surface area contributed by atoms with Crippen molar-refractivity contribution in [3.8, 4) is 5.75 Å². The molecule has 0 saturated heterocycles. The van der Waals surface area contributed by atoms with Gasteiger partial charge < -0.3 is 15.0 Å². The van der Waals surface area contributed by atoms with Crippen LogP contribution in [0.25, 0.3) is 0 Å². The molecule has 3 rings (SSSR count). The van der Waals surface area contributed by atoms with Crippen molar-refractivity contribution in [2.45, 2.75) is 71.0 Å². The molecule has 9 heteroatoms. The summed E-state index contributed by atoms with van der Waals surface area (Å²) < 4.78 is 31.7. The second-order valence-electron chi connectivity index (χ2n) is 9.75. The van der Waals surface area contributed by atoms with E-state index in [1.54, 1.807) is 24.3 Å². The third-order valence-electron chi connectivity index (χ3n) is 6.81. The Labute approximate surface area is 221 Å². The summed E-state index contributed by atoms with van der Waals surface area (Å²) in [6.45, 7) is 3.64. The second-order valence-corrected chi connectivity index (χ2v) is 11.7. The van der Waals surface area contributed by atoms with Crippen LogP contribution in [0.15, 0.2) is 48.5 Å². The summed E-state index contributed by atoms with van der Waals surface area (Å²) in [6.07, 6.45) is 6.70. The molecule has 2 amide bonds. The maximum absolute atomic E-state index is 13.8. The molecular formula is C28H39N3O5S. The highest BCUT2D eigenvalue weighted by Gasteiger charge is 2.32. The smallest absolute Gasteiger partial charge is 0.244 e. The van der Waals surface area contributed by atoms with Crippen LogP contribution in [0.5, 0.6) is 5.75 Å². The number of methoxy groups -OCH3 is 1. The predicted octanol–water partition coefficient (Wildman–Crippen LogP) is 4.03. The van der Waals surface area contributed by atoms with Crippen molar-refractivity contribution in [1.82, 2.24) is 10.2 Å². The van der Waals surface area contributed by atoms with E-state index in [0.29, 0.717) is 17.9 Å². The Hall–Kier alpha value is -3.07. The minimum absolute atomic E-state index is 0.109. The summed E-state index contributed by atoms with van der Waals surface area (Å²) in [5, 5.41) is 3.15. The Bertz CT molecular complexity index is 1160. The molecule has 8 nitrogen and oxygen atoms in total. The van der Waals surface area contributed by atoms with Gasteiger partial charge in [0.25, 0.3) is 0 Å². The zero-order chi connectivity index (χ0) is 27.0. The molecule has 37 heavy (non-hydrogen) atoms. The van der Waals surface area contributed by atoms with E-state index in [-0.39, 0.29) is 18.5 Å². The molecular weight excluding hydrogens is 490 g/mol. The number of nitrogens with zero attached hydrogens (tertiary/aromatic N) is 2. The lowest BCUT2D eigenvalue weighted by Crippen LogP contribution is -2.53. The molecule has 0 unspecified atom stereocenters. The van der Waals surface area contributed by atoms with Gasteiger partial charge >= 0.3 is 0 Å². The first-order chi connectivity index (χ1) is 17.6. The number of benzene rings is 2. The van der Waals surface area contributed by atoms with Crippen LogP contribution in [0.2, 0.25) is 0 Å². The van der Waals surface area contributed by atoms with Crippen LogP contribution in [0, 0.1) is 6.92 Å². The molecule has 0 spiro atoms. The number of hydrogen-bond acceptors (Lipinski definition) is 5.